The molecule has 0 bridgehead atoms. The molecule has 98 valence electrons. The van der Waals surface area contributed by atoms with Gasteiger partial charge in [-0.25, -0.2) is 0 Å². The van der Waals surface area contributed by atoms with Gasteiger partial charge in [0.15, 0.2) is 0 Å². The Kier molecular flexibility index (Phi) is 4.01. The van der Waals surface area contributed by atoms with Gasteiger partial charge in [-0.15, -0.1) is 0 Å². The molecule has 0 saturated carbocycles. The minimum atomic E-state index is -0.639. The van der Waals surface area contributed by atoms with Crippen LogP contribution in [0.15, 0.2) is 30.8 Å². The minimum Gasteiger partial charge on any atom is -0.326 e. The molecule has 0 aliphatic carbocycles. The SMILES string of the molecule is C=Cc1ccc(NC(=O)C[C@@H]2SC(=O)NC2=O)cc1. The predicted octanol–water partition coefficient (Wildman–Crippen LogP) is 2.01. The molecule has 0 spiro atoms. The molecule has 3 amide bonds. The molecule has 2 N–H and O–H groups in total. The second-order valence-corrected chi connectivity index (χ2v) is 5.14. The molecule has 5 nitrogen and oxygen atoms in total. The van der Waals surface area contributed by atoms with Crippen molar-refractivity contribution in [1.82, 2.24) is 5.32 Å². The molecule has 0 aromatic heterocycles. The van der Waals surface area contributed by atoms with E-state index in [0.29, 0.717) is 5.69 Å². The van der Waals surface area contributed by atoms with E-state index in [0.717, 1.165) is 17.3 Å². The Hall–Kier alpha value is -2.08. The lowest BCUT2D eigenvalue weighted by atomic mass is 10.2. The Morgan fingerprint density at radius 1 is 1.37 bits per heavy atom. The molecule has 1 atom stereocenters. The first-order valence-corrected chi connectivity index (χ1v) is 6.50. The monoisotopic (exact) mass is 276 g/mol. The number of thioether (sulfide) groups is 1. The maximum absolute atomic E-state index is 11.7. The van der Waals surface area contributed by atoms with Crippen LogP contribution in [0.1, 0.15) is 12.0 Å². The van der Waals surface area contributed by atoms with E-state index in [1.165, 1.54) is 0 Å². The van der Waals surface area contributed by atoms with E-state index in [9.17, 15) is 14.4 Å². The number of hydrogen-bond donors (Lipinski definition) is 2. The van der Waals surface area contributed by atoms with Gasteiger partial charge >= 0.3 is 0 Å². The summed E-state index contributed by atoms with van der Waals surface area (Å²) in [6, 6.07) is 7.15. The summed E-state index contributed by atoms with van der Waals surface area (Å²) in [4.78, 5) is 34.0. The van der Waals surface area contributed by atoms with Crippen molar-refractivity contribution in [3.8, 4) is 0 Å². The van der Waals surface area contributed by atoms with Crippen LogP contribution in [-0.4, -0.2) is 22.3 Å². The summed E-state index contributed by atoms with van der Waals surface area (Å²) in [6.07, 6.45) is 1.68. The molecule has 1 aliphatic heterocycles. The molecule has 6 heteroatoms. The predicted molar refractivity (Wildman–Crippen MR) is 74.7 cm³/mol. The Morgan fingerprint density at radius 2 is 2.05 bits per heavy atom. The standard InChI is InChI=1S/C13H12N2O3S/c1-2-8-3-5-9(6-4-8)14-11(16)7-10-12(17)15-13(18)19-10/h2-6,10H,1,7H2,(H,14,16)(H,15,17,18)/t10-/m0/s1. The first kappa shape index (κ1) is 13.4. The topological polar surface area (TPSA) is 75.3 Å². The van der Waals surface area contributed by atoms with Crippen LogP contribution in [0.3, 0.4) is 0 Å². The minimum absolute atomic E-state index is 0.0224. The number of anilines is 1. The molecule has 0 radical (unpaired) electrons. The van der Waals surface area contributed by atoms with Gasteiger partial charge in [0, 0.05) is 12.1 Å². The van der Waals surface area contributed by atoms with Crippen molar-refractivity contribution in [2.75, 3.05) is 5.32 Å². The molecule has 2 rings (SSSR count). The van der Waals surface area contributed by atoms with Crippen LogP contribution in [0.4, 0.5) is 10.5 Å². The Morgan fingerprint density at radius 3 is 2.58 bits per heavy atom. The van der Waals surface area contributed by atoms with E-state index < -0.39 is 16.4 Å². The lowest BCUT2D eigenvalue weighted by molar-refractivity contribution is -0.122. The lowest BCUT2D eigenvalue weighted by Crippen LogP contribution is -2.27. The second kappa shape index (κ2) is 5.71. The van der Waals surface area contributed by atoms with Crippen molar-refractivity contribution in [2.24, 2.45) is 0 Å². The zero-order valence-electron chi connectivity index (χ0n) is 10.0. The van der Waals surface area contributed by atoms with Crippen LogP contribution in [0, 0.1) is 0 Å². The zero-order valence-corrected chi connectivity index (χ0v) is 10.8. The molecule has 1 heterocycles. The van der Waals surface area contributed by atoms with Crippen LogP contribution < -0.4 is 10.6 Å². The van der Waals surface area contributed by atoms with E-state index in [2.05, 4.69) is 17.2 Å². The number of carbonyl (C=O) groups is 3. The van der Waals surface area contributed by atoms with Gasteiger partial charge in [0.1, 0.15) is 5.25 Å². The fraction of sp³-hybridized carbons (Fsp3) is 0.154. The maximum atomic E-state index is 11.7. The average Bonchev–Trinajstić information content (AvgIpc) is 2.68. The number of nitrogens with one attached hydrogen (secondary N) is 2. The highest BCUT2D eigenvalue weighted by atomic mass is 32.2. The highest BCUT2D eigenvalue weighted by molar-refractivity contribution is 8.15. The van der Waals surface area contributed by atoms with Crippen molar-refractivity contribution in [2.45, 2.75) is 11.7 Å². The highest BCUT2D eigenvalue weighted by Crippen LogP contribution is 2.22. The van der Waals surface area contributed by atoms with Gasteiger partial charge in [-0.05, 0) is 17.7 Å². The quantitative estimate of drug-likeness (QED) is 0.882. The molecule has 1 fully saturated rings. The zero-order chi connectivity index (χ0) is 13.8. The summed E-state index contributed by atoms with van der Waals surface area (Å²) in [7, 11) is 0. The van der Waals surface area contributed by atoms with Gasteiger partial charge in [-0.3, -0.25) is 19.7 Å². The molecule has 1 aromatic carbocycles. The number of amides is 3. The van der Waals surface area contributed by atoms with Crippen LogP contribution in [0.25, 0.3) is 6.08 Å². The van der Waals surface area contributed by atoms with Gasteiger partial charge in [-0.1, -0.05) is 36.5 Å². The first-order valence-electron chi connectivity index (χ1n) is 5.62. The van der Waals surface area contributed by atoms with E-state index in [1.807, 2.05) is 12.1 Å². The van der Waals surface area contributed by atoms with Crippen molar-refractivity contribution < 1.29 is 14.4 Å². The Bertz CT molecular complexity index is 539. The molecular weight excluding hydrogens is 264 g/mol. The summed E-state index contributed by atoms with van der Waals surface area (Å²) in [6.45, 7) is 3.64. The third-order valence-corrected chi connectivity index (χ3v) is 3.55. The van der Waals surface area contributed by atoms with Crippen LogP contribution in [0.2, 0.25) is 0 Å². The molecule has 19 heavy (non-hydrogen) atoms. The summed E-state index contributed by atoms with van der Waals surface area (Å²) in [5.41, 5.74) is 1.60. The lowest BCUT2D eigenvalue weighted by Gasteiger charge is -2.07. The smallest absolute Gasteiger partial charge is 0.286 e. The summed E-state index contributed by atoms with van der Waals surface area (Å²) < 4.78 is 0. The highest BCUT2D eigenvalue weighted by Gasteiger charge is 2.33. The van der Waals surface area contributed by atoms with Crippen molar-refractivity contribution >= 4 is 40.6 Å². The van der Waals surface area contributed by atoms with Crippen LogP contribution in [0.5, 0.6) is 0 Å². The third kappa shape index (κ3) is 3.45. The number of benzene rings is 1. The first-order chi connectivity index (χ1) is 9.08. The number of carbonyl (C=O) groups excluding carboxylic acids is 3. The molecule has 0 unspecified atom stereocenters. The fourth-order valence-electron chi connectivity index (χ4n) is 1.61. The fourth-order valence-corrected chi connectivity index (χ4v) is 2.43. The van der Waals surface area contributed by atoms with Crippen LogP contribution >= 0.6 is 11.8 Å². The maximum Gasteiger partial charge on any atom is 0.286 e. The molecule has 1 saturated heterocycles. The Balaban J connectivity index is 1.92. The van der Waals surface area contributed by atoms with E-state index in [4.69, 9.17) is 0 Å². The number of rotatable bonds is 4. The van der Waals surface area contributed by atoms with Crippen LogP contribution in [-0.2, 0) is 9.59 Å². The number of imide groups is 1. The molecule has 1 aliphatic rings. The summed E-state index contributed by atoms with van der Waals surface area (Å²) in [5.74, 6) is -0.708. The number of hydrogen-bond acceptors (Lipinski definition) is 4. The molecule has 1 aromatic rings. The van der Waals surface area contributed by atoms with E-state index in [1.54, 1.807) is 18.2 Å². The average molecular weight is 276 g/mol. The van der Waals surface area contributed by atoms with Gasteiger partial charge < -0.3 is 5.32 Å². The summed E-state index contributed by atoms with van der Waals surface area (Å²) in [5, 5.41) is 3.78. The van der Waals surface area contributed by atoms with Gasteiger partial charge in [0.05, 0.1) is 0 Å². The van der Waals surface area contributed by atoms with Crippen molar-refractivity contribution in [1.29, 1.82) is 0 Å². The largest absolute Gasteiger partial charge is 0.326 e. The molecular formula is C13H12N2O3S. The van der Waals surface area contributed by atoms with Crippen molar-refractivity contribution in [3.63, 3.8) is 0 Å². The van der Waals surface area contributed by atoms with E-state index in [-0.39, 0.29) is 12.3 Å². The normalized spacial score (nSPS) is 18.0. The second-order valence-electron chi connectivity index (χ2n) is 3.96. The summed E-state index contributed by atoms with van der Waals surface area (Å²) >= 11 is 0.845. The third-order valence-electron chi connectivity index (χ3n) is 2.57. The van der Waals surface area contributed by atoms with Gasteiger partial charge in [-0.2, -0.15) is 0 Å². The van der Waals surface area contributed by atoms with Crippen molar-refractivity contribution in [3.05, 3.63) is 36.4 Å². The Labute approximate surface area is 114 Å². The van der Waals surface area contributed by atoms with E-state index >= 15 is 0 Å². The van der Waals surface area contributed by atoms with Gasteiger partial charge in [0.25, 0.3) is 5.24 Å². The van der Waals surface area contributed by atoms with Gasteiger partial charge in [0.2, 0.25) is 11.8 Å².